The van der Waals surface area contributed by atoms with Crippen LogP contribution < -0.4 is 10.0 Å². The van der Waals surface area contributed by atoms with Crippen LogP contribution in [-0.2, 0) is 16.4 Å². The number of carbonyl (C=O) groups is 1. The Morgan fingerprint density at radius 3 is 2.66 bits per heavy atom. The number of hydrogen-bond acceptors (Lipinski definition) is 7. The van der Waals surface area contributed by atoms with Gasteiger partial charge in [-0.25, -0.2) is 22.8 Å². The first-order valence-corrected chi connectivity index (χ1v) is 11.9. The monoisotopic (exact) mass is 448 g/mol. The number of nitrogens with zero attached hydrogens (tertiary/aromatic N) is 4. The molecular formula is C22H20N6O3S. The number of benzene rings is 2. The summed E-state index contributed by atoms with van der Waals surface area (Å²) in [7, 11) is -3.62. The number of fused-ring (bicyclic) bond motifs is 2. The minimum Gasteiger partial charge on any atom is -0.324 e. The SMILES string of the molecule is CS(=O)(=O)NC(=O)c1ccc(Nc2ncc3cnn(C4CCc5ccccc54)c3n2)cc1. The second kappa shape index (κ2) is 7.72. The van der Waals surface area contributed by atoms with Gasteiger partial charge in [0.1, 0.15) is 0 Å². The van der Waals surface area contributed by atoms with Crippen LogP contribution in [0, 0.1) is 0 Å². The number of carbonyl (C=O) groups excluding carboxylic acids is 1. The average Bonchev–Trinajstić information content (AvgIpc) is 3.36. The van der Waals surface area contributed by atoms with Gasteiger partial charge in [-0.15, -0.1) is 0 Å². The predicted molar refractivity (Wildman–Crippen MR) is 120 cm³/mol. The number of anilines is 2. The smallest absolute Gasteiger partial charge is 0.264 e. The van der Waals surface area contributed by atoms with E-state index < -0.39 is 15.9 Å². The standard InChI is InChI=1S/C22H20N6O3S/c1-32(30,31)27-21(29)15-6-9-17(10-7-15)25-22-23-12-16-13-24-28(20(16)26-22)19-11-8-14-4-2-3-5-18(14)19/h2-7,9-10,12-13,19H,8,11H2,1H3,(H,27,29)(H,23,25,26). The van der Waals surface area contributed by atoms with Crippen molar-refractivity contribution < 1.29 is 13.2 Å². The highest BCUT2D eigenvalue weighted by Gasteiger charge is 2.26. The maximum atomic E-state index is 12.0. The number of hydrogen-bond donors (Lipinski definition) is 2. The van der Waals surface area contributed by atoms with Crippen LogP contribution in [-0.4, -0.2) is 40.3 Å². The molecule has 1 atom stereocenters. The Morgan fingerprint density at radius 1 is 1.09 bits per heavy atom. The van der Waals surface area contributed by atoms with Gasteiger partial charge in [0.15, 0.2) is 5.65 Å². The van der Waals surface area contributed by atoms with Crippen molar-refractivity contribution in [3.63, 3.8) is 0 Å². The Kier molecular flexibility index (Phi) is 4.86. The topological polar surface area (TPSA) is 119 Å². The first kappa shape index (κ1) is 20.1. The second-order valence-corrected chi connectivity index (χ2v) is 9.47. The van der Waals surface area contributed by atoms with Gasteiger partial charge in [-0.05, 0) is 48.2 Å². The number of aryl methyl sites for hydroxylation is 1. The largest absolute Gasteiger partial charge is 0.324 e. The fourth-order valence-electron chi connectivity index (χ4n) is 3.97. The molecule has 1 amide bonds. The van der Waals surface area contributed by atoms with Crippen molar-refractivity contribution in [1.29, 1.82) is 0 Å². The zero-order valence-electron chi connectivity index (χ0n) is 17.2. The van der Waals surface area contributed by atoms with Gasteiger partial charge in [-0.1, -0.05) is 24.3 Å². The maximum Gasteiger partial charge on any atom is 0.264 e. The van der Waals surface area contributed by atoms with Crippen molar-refractivity contribution in [3.8, 4) is 0 Å². The molecule has 1 aliphatic carbocycles. The van der Waals surface area contributed by atoms with Crippen LogP contribution in [0.25, 0.3) is 11.0 Å². The van der Waals surface area contributed by atoms with Gasteiger partial charge in [0.2, 0.25) is 16.0 Å². The summed E-state index contributed by atoms with van der Waals surface area (Å²) in [5.74, 6) is -0.281. The highest BCUT2D eigenvalue weighted by molar-refractivity contribution is 7.89. The molecule has 0 radical (unpaired) electrons. The lowest BCUT2D eigenvalue weighted by atomic mass is 10.1. The maximum absolute atomic E-state index is 12.0. The Bertz CT molecular complexity index is 1430. The van der Waals surface area contributed by atoms with Gasteiger partial charge < -0.3 is 5.32 Å². The van der Waals surface area contributed by atoms with Crippen LogP contribution in [0.5, 0.6) is 0 Å². The second-order valence-electron chi connectivity index (χ2n) is 7.72. The fraction of sp³-hybridized carbons (Fsp3) is 0.182. The van der Waals surface area contributed by atoms with Crippen LogP contribution in [0.1, 0.15) is 33.9 Å². The Hall–Kier alpha value is -3.79. The van der Waals surface area contributed by atoms with Crippen molar-refractivity contribution in [1.82, 2.24) is 24.5 Å². The molecule has 0 saturated carbocycles. The van der Waals surface area contributed by atoms with E-state index in [0.717, 1.165) is 30.1 Å². The number of sulfonamides is 1. The summed E-state index contributed by atoms with van der Waals surface area (Å²) in [6.45, 7) is 0. The van der Waals surface area contributed by atoms with Crippen molar-refractivity contribution >= 4 is 38.6 Å². The van der Waals surface area contributed by atoms with E-state index in [2.05, 4.69) is 38.6 Å². The van der Waals surface area contributed by atoms with Crippen LogP contribution >= 0.6 is 0 Å². The minimum absolute atomic E-state index is 0.138. The van der Waals surface area contributed by atoms with Crippen molar-refractivity contribution in [3.05, 3.63) is 77.6 Å². The molecule has 1 aliphatic rings. The summed E-state index contributed by atoms with van der Waals surface area (Å²) in [5, 5.41) is 8.56. The summed E-state index contributed by atoms with van der Waals surface area (Å²) in [6.07, 6.45) is 6.42. The zero-order valence-corrected chi connectivity index (χ0v) is 18.0. The molecule has 32 heavy (non-hydrogen) atoms. The highest BCUT2D eigenvalue weighted by Crippen LogP contribution is 2.35. The van der Waals surface area contributed by atoms with E-state index in [4.69, 9.17) is 0 Å². The summed E-state index contributed by atoms with van der Waals surface area (Å²) >= 11 is 0. The molecule has 2 N–H and O–H groups in total. The lowest BCUT2D eigenvalue weighted by Crippen LogP contribution is -2.29. The van der Waals surface area contributed by atoms with Gasteiger partial charge in [0.25, 0.3) is 5.91 Å². The number of rotatable bonds is 5. The summed E-state index contributed by atoms with van der Waals surface area (Å²) in [6, 6.07) is 14.9. The van der Waals surface area contributed by atoms with Gasteiger partial charge in [-0.3, -0.25) is 4.79 Å². The quantitative estimate of drug-likeness (QED) is 0.482. The molecule has 4 aromatic rings. The average molecular weight is 449 g/mol. The molecule has 0 bridgehead atoms. The van der Waals surface area contributed by atoms with E-state index in [1.807, 2.05) is 15.5 Å². The summed E-state index contributed by atoms with van der Waals surface area (Å²) in [4.78, 5) is 21.0. The molecule has 5 rings (SSSR count). The molecule has 0 fully saturated rings. The van der Waals surface area contributed by atoms with Crippen LogP contribution in [0.4, 0.5) is 11.6 Å². The van der Waals surface area contributed by atoms with E-state index in [1.165, 1.54) is 23.3 Å². The third kappa shape index (κ3) is 3.92. The van der Waals surface area contributed by atoms with Gasteiger partial charge in [0.05, 0.1) is 23.9 Å². The lowest BCUT2D eigenvalue weighted by Gasteiger charge is -2.13. The van der Waals surface area contributed by atoms with E-state index in [-0.39, 0.29) is 11.6 Å². The summed E-state index contributed by atoms with van der Waals surface area (Å²) in [5.41, 5.74) is 4.25. The van der Waals surface area contributed by atoms with E-state index in [9.17, 15) is 13.2 Å². The molecular weight excluding hydrogens is 428 g/mol. The molecule has 0 spiro atoms. The van der Waals surface area contributed by atoms with Gasteiger partial charge in [-0.2, -0.15) is 10.1 Å². The zero-order chi connectivity index (χ0) is 22.3. The fourth-order valence-corrected chi connectivity index (χ4v) is 4.43. The number of amides is 1. The summed E-state index contributed by atoms with van der Waals surface area (Å²) < 4.78 is 26.4. The Morgan fingerprint density at radius 2 is 1.88 bits per heavy atom. The first-order chi connectivity index (χ1) is 15.4. The minimum atomic E-state index is -3.62. The van der Waals surface area contributed by atoms with Crippen molar-refractivity contribution in [2.45, 2.75) is 18.9 Å². The van der Waals surface area contributed by atoms with E-state index in [1.54, 1.807) is 24.5 Å². The molecule has 162 valence electrons. The van der Waals surface area contributed by atoms with Crippen LogP contribution in [0.3, 0.4) is 0 Å². The Balaban J connectivity index is 1.39. The molecule has 1 unspecified atom stereocenters. The van der Waals surface area contributed by atoms with Gasteiger partial charge >= 0.3 is 0 Å². The molecule has 2 aromatic heterocycles. The van der Waals surface area contributed by atoms with E-state index >= 15 is 0 Å². The third-order valence-corrected chi connectivity index (χ3v) is 5.97. The molecule has 0 aliphatic heterocycles. The molecule has 2 aromatic carbocycles. The molecule has 10 heteroatoms. The normalized spacial score (nSPS) is 15.5. The highest BCUT2D eigenvalue weighted by atomic mass is 32.2. The van der Waals surface area contributed by atoms with Gasteiger partial charge in [0, 0.05) is 17.4 Å². The molecule has 2 heterocycles. The lowest BCUT2D eigenvalue weighted by molar-refractivity contribution is 0.0981. The van der Waals surface area contributed by atoms with Crippen LogP contribution in [0.2, 0.25) is 0 Å². The third-order valence-electron chi connectivity index (χ3n) is 5.41. The van der Waals surface area contributed by atoms with Crippen LogP contribution in [0.15, 0.2) is 60.9 Å². The van der Waals surface area contributed by atoms with Crippen molar-refractivity contribution in [2.24, 2.45) is 0 Å². The predicted octanol–water partition coefficient (Wildman–Crippen LogP) is 2.79. The van der Waals surface area contributed by atoms with E-state index in [0.29, 0.717) is 11.6 Å². The Labute approximate surface area is 184 Å². The number of nitrogens with one attached hydrogen (secondary N) is 2. The molecule has 9 nitrogen and oxygen atoms in total. The first-order valence-electron chi connectivity index (χ1n) is 10.0. The van der Waals surface area contributed by atoms with Crippen molar-refractivity contribution in [2.75, 3.05) is 11.6 Å². The number of aromatic nitrogens is 4. The molecule has 0 saturated heterocycles.